The maximum absolute atomic E-state index is 5.31. The van der Waals surface area contributed by atoms with E-state index in [9.17, 15) is 0 Å². The Kier molecular flexibility index (Phi) is 4.63. The molecule has 1 N–H and O–H groups in total. The summed E-state index contributed by atoms with van der Waals surface area (Å²) in [6.07, 6.45) is 0.981. The monoisotopic (exact) mass is 345 g/mol. The zero-order chi connectivity index (χ0) is 17.9. The van der Waals surface area contributed by atoms with Crippen LogP contribution in [-0.2, 0) is 6.42 Å². The van der Waals surface area contributed by atoms with E-state index in [0.717, 1.165) is 17.9 Å². The minimum atomic E-state index is 0.165. The van der Waals surface area contributed by atoms with Crippen LogP contribution < -0.4 is 14.8 Å². The molecule has 1 aliphatic heterocycles. The van der Waals surface area contributed by atoms with Crippen molar-refractivity contribution >= 4 is 0 Å². The molecule has 0 aliphatic carbocycles. The van der Waals surface area contributed by atoms with Crippen molar-refractivity contribution in [1.82, 2.24) is 5.32 Å². The largest absolute Gasteiger partial charge is 0.497 e. The molecule has 0 spiro atoms. The fraction of sp³-hybridized carbons (Fsp3) is 0.217. The Morgan fingerprint density at radius 1 is 0.731 bits per heavy atom. The average molecular weight is 345 g/mol. The van der Waals surface area contributed by atoms with Crippen molar-refractivity contribution in [1.29, 1.82) is 0 Å². The Bertz CT molecular complexity index is 871. The van der Waals surface area contributed by atoms with Gasteiger partial charge in [0.05, 0.1) is 20.3 Å². The maximum Gasteiger partial charge on any atom is 0.118 e. The van der Waals surface area contributed by atoms with Crippen LogP contribution in [0.25, 0.3) is 0 Å². The first-order valence-corrected chi connectivity index (χ1v) is 8.90. The molecule has 0 saturated carbocycles. The summed E-state index contributed by atoms with van der Waals surface area (Å²) in [4.78, 5) is 0. The van der Waals surface area contributed by atoms with Gasteiger partial charge in [0.1, 0.15) is 11.5 Å². The second kappa shape index (κ2) is 7.22. The van der Waals surface area contributed by atoms with Gasteiger partial charge < -0.3 is 9.47 Å². The van der Waals surface area contributed by atoms with Gasteiger partial charge in [-0.2, -0.15) is 0 Å². The molecule has 3 aromatic carbocycles. The summed E-state index contributed by atoms with van der Waals surface area (Å²) in [5.74, 6) is 1.77. The van der Waals surface area contributed by atoms with E-state index in [2.05, 4.69) is 53.8 Å². The van der Waals surface area contributed by atoms with E-state index in [0.29, 0.717) is 0 Å². The number of hydrogen-bond donors (Lipinski definition) is 1. The average Bonchev–Trinajstić information content (AvgIpc) is 2.73. The molecule has 3 nitrogen and oxygen atoms in total. The molecule has 0 amide bonds. The van der Waals surface area contributed by atoms with Gasteiger partial charge in [0, 0.05) is 6.04 Å². The predicted molar refractivity (Wildman–Crippen MR) is 104 cm³/mol. The van der Waals surface area contributed by atoms with Crippen molar-refractivity contribution in [3.63, 3.8) is 0 Å². The summed E-state index contributed by atoms with van der Waals surface area (Å²) >= 11 is 0. The highest BCUT2D eigenvalue weighted by Gasteiger charge is 2.27. The molecule has 0 aromatic heterocycles. The van der Waals surface area contributed by atoms with Crippen molar-refractivity contribution < 1.29 is 9.47 Å². The zero-order valence-electron chi connectivity index (χ0n) is 15.1. The highest BCUT2D eigenvalue weighted by atomic mass is 16.5. The third-order valence-electron chi connectivity index (χ3n) is 5.13. The Hall–Kier alpha value is -2.78. The smallest absolute Gasteiger partial charge is 0.118 e. The third-order valence-corrected chi connectivity index (χ3v) is 5.13. The van der Waals surface area contributed by atoms with Crippen LogP contribution in [0.1, 0.15) is 34.3 Å². The van der Waals surface area contributed by atoms with E-state index in [1.807, 2.05) is 24.3 Å². The van der Waals surface area contributed by atoms with Crippen molar-refractivity contribution in [2.24, 2.45) is 0 Å². The highest BCUT2D eigenvalue weighted by Crippen LogP contribution is 2.36. The molecule has 0 unspecified atom stereocenters. The Morgan fingerprint density at radius 2 is 1.31 bits per heavy atom. The molecule has 0 bridgehead atoms. The van der Waals surface area contributed by atoms with Gasteiger partial charge in [-0.15, -0.1) is 0 Å². The van der Waals surface area contributed by atoms with E-state index < -0.39 is 0 Å². The summed E-state index contributed by atoms with van der Waals surface area (Å²) < 4.78 is 10.6. The molecule has 0 saturated heterocycles. The number of ether oxygens (including phenoxy) is 2. The predicted octanol–water partition coefficient (Wildman–Crippen LogP) is 4.68. The van der Waals surface area contributed by atoms with E-state index in [1.54, 1.807) is 14.2 Å². The van der Waals surface area contributed by atoms with Crippen LogP contribution in [0.5, 0.6) is 11.5 Å². The lowest BCUT2D eigenvalue weighted by atomic mass is 9.84. The molecule has 26 heavy (non-hydrogen) atoms. The molecule has 4 rings (SSSR count). The number of fused-ring (bicyclic) bond motifs is 1. The molecule has 2 atom stereocenters. The second-order valence-electron chi connectivity index (χ2n) is 6.60. The molecule has 1 aliphatic rings. The fourth-order valence-electron chi connectivity index (χ4n) is 3.69. The highest BCUT2D eigenvalue weighted by molar-refractivity contribution is 5.43. The van der Waals surface area contributed by atoms with Gasteiger partial charge in [0.2, 0.25) is 0 Å². The number of methoxy groups -OCH3 is 2. The van der Waals surface area contributed by atoms with Gasteiger partial charge in [0.25, 0.3) is 0 Å². The fourth-order valence-corrected chi connectivity index (χ4v) is 3.69. The topological polar surface area (TPSA) is 30.5 Å². The van der Waals surface area contributed by atoms with Gasteiger partial charge in [-0.1, -0.05) is 48.5 Å². The number of nitrogens with one attached hydrogen (secondary N) is 1. The van der Waals surface area contributed by atoms with Crippen LogP contribution >= 0.6 is 0 Å². The van der Waals surface area contributed by atoms with Gasteiger partial charge in [-0.05, 0) is 52.9 Å². The lowest BCUT2D eigenvalue weighted by Gasteiger charge is -2.34. The van der Waals surface area contributed by atoms with Crippen molar-refractivity contribution in [3.05, 3.63) is 95.1 Å². The zero-order valence-corrected chi connectivity index (χ0v) is 15.1. The summed E-state index contributed by atoms with van der Waals surface area (Å²) in [6, 6.07) is 25.8. The molecule has 132 valence electrons. The van der Waals surface area contributed by atoms with E-state index in [-0.39, 0.29) is 12.1 Å². The summed E-state index contributed by atoms with van der Waals surface area (Å²) in [7, 11) is 3.40. The number of rotatable bonds is 4. The van der Waals surface area contributed by atoms with Crippen LogP contribution in [-0.4, -0.2) is 14.2 Å². The standard InChI is InChI=1S/C23H23NO2/c1-25-19-11-7-16(8-12-19)22-15-18-5-3-4-6-21(18)23(24-22)17-9-13-20(26-2)14-10-17/h3-14,22-24H,15H2,1-2H3/t22-,23-/m1/s1. The number of hydrogen-bond acceptors (Lipinski definition) is 3. The van der Waals surface area contributed by atoms with Gasteiger partial charge >= 0.3 is 0 Å². The minimum absolute atomic E-state index is 0.165. The Labute approximate surface area is 154 Å². The molecule has 0 fully saturated rings. The molecular weight excluding hydrogens is 322 g/mol. The van der Waals surface area contributed by atoms with Crippen LogP contribution in [0.15, 0.2) is 72.8 Å². The van der Waals surface area contributed by atoms with Crippen molar-refractivity contribution in [2.45, 2.75) is 18.5 Å². The Balaban J connectivity index is 1.70. The van der Waals surface area contributed by atoms with Crippen LogP contribution in [0.2, 0.25) is 0 Å². The first kappa shape index (κ1) is 16.7. The molecule has 3 aromatic rings. The van der Waals surface area contributed by atoms with Gasteiger partial charge in [-0.25, -0.2) is 0 Å². The van der Waals surface area contributed by atoms with Gasteiger partial charge in [0.15, 0.2) is 0 Å². The third kappa shape index (κ3) is 3.18. The second-order valence-corrected chi connectivity index (χ2v) is 6.60. The first-order valence-electron chi connectivity index (χ1n) is 8.90. The lowest BCUT2D eigenvalue weighted by Crippen LogP contribution is -2.34. The van der Waals surface area contributed by atoms with Crippen molar-refractivity contribution in [3.8, 4) is 11.5 Å². The number of benzene rings is 3. The van der Waals surface area contributed by atoms with E-state index in [4.69, 9.17) is 9.47 Å². The lowest BCUT2D eigenvalue weighted by molar-refractivity contribution is 0.412. The van der Waals surface area contributed by atoms with Crippen LogP contribution in [0, 0.1) is 0 Å². The van der Waals surface area contributed by atoms with Crippen LogP contribution in [0.3, 0.4) is 0 Å². The Morgan fingerprint density at radius 3 is 1.92 bits per heavy atom. The minimum Gasteiger partial charge on any atom is -0.497 e. The van der Waals surface area contributed by atoms with E-state index in [1.165, 1.54) is 22.3 Å². The quantitative estimate of drug-likeness (QED) is 0.745. The molecule has 1 heterocycles. The van der Waals surface area contributed by atoms with Gasteiger partial charge in [-0.3, -0.25) is 5.32 Å². The molecule has 0 radical (unpaired) electrons. The summed E-state index contributed by atoms with van der Waals surface area (Å²) in [5, 5.41) is 3.84. The SMILES string of the molecule is COc1ccc([C@H]2N[C@@H](c3ccc(OC)cc3)Cc3ccccc32)cc1. The maximum atomic E-state index is 5.31. The molecular formula is C23H23NO2. The normalized spacial score (nSPS) is 18.8. The molecule has 3 heteroatoms. The first-order chi connectivity index (χ1) is 12.8. The van der Waals surface area contributed by atoms with Crippen molar-refractivity contribution in [2.75, 3.05) is 14.2 Å². The van der Waals surface area contributed by atoms with Crippen LogP contribution in [0.4, 0.5) is 0 Å². The summed E-state index contributed by atoms with van der Waals surface area (Å²) in [6.45, 7) is 0. The summed E-state index contributed by atoms with van der Waals surface area (Å²) in [5.41, 5.74) is 5.27. The van der Waals surface area contributed by atoms with E-state index >= 15 is 0 Å².